The summed E-state index contributed by atoms with van der Waals surface area (Å²) in [6, 6.07) is 16.0. The number of aromatic amines is 2. The third-order valence-electron chi connectivity index (χ3n) is 13.3. The van der Waals surface area contributed by atoms with Crippen LogP contribution in [0.2, 0.25) is 0 Å². The van der Waals surface area contributed by atoms with Gasteiger partial charge < -0.3 is 39.9 Å². The second kappa shape index (κ2) is 16.1. The predicted octanol–water partition coefficient (Wildman–Crippen LogP) is 7.31. The van der Waals surface area contributed by atoms with E-state index >= 15 is 0 Å². The zero-order chi connectivity index (χ0) is 43.6. The highest BCUT2D eigenvalue weighted by molar-refractivity contribution is 6.22. The molecule has 2 aromatic heterocycles. The van der Waals surface area contributed by atoms with Crippen LogP contribution in [0.15, 0.2) is 60.8 Å². The van der Waals surface area contributed by atoms with E-state index in [4.69, 9.17) is 14.5 Å². The van der Waals surface area contributed by atoms with E-state index in [9.17, 15) is 24.0 Å². The molecule has 9 rings (SSSR count). The number of benzene rings is 3. The Morgan fingerprint density at radius 1 is 0.742 bits per heavy atom. The van der Waals surface area contributed by atoms with Crippen molar-refractivity contribution in [3.8, 4) is 33.5 Å². The number of alkyl carbamates (subject to hydrolysis) is 2. The number of amides is 4. The average molecular weight is 841 g/mol. The molecular weight excluding hydrogens is 789 g/mol. The molecule has 4 aliphatic rings. The van der Waals surface area contributed by atoms with E-state index in [0.29, 0.717) is 23.5 Å². The fourth-order valence-electron chi connectivity index (χ4n) is 10.1. The molecule has 1 saturated carbocycles. The molecule has 322 valence electrons. The molecule has 0 spiro atoms. The summed E-state index contributed by atoms with van der Waals surface area (Å²) in [5.74, 6) is 1.03. The van der Waals surface area contributed by atoms with Crippen LogP contribution in [0, 0.1) is 17.8 Å². The smallest absolute Gasteiger partial charge is 0.407 e. The number of imidazole rings is 2. The van der Waals surface area contributed by atoms with Gasteiger partial charge in [-0.25, -0.2) is 19.6 Å². The van der Waals surface area contributed by atoms with Gasteiger partial charge in [-0.2, -0.15) is 0 Å². The van der Waals surface area contributed by atoms with Crippen molar-refractivity contribution >= 4 is 40.8 Å². The largest absolute Gasteiger partial charge is 0.453 e. The van der Waals surface area contributed by atoms with E-state index in [0.717, 1.165) is 82.5 Å². The van der Waals surface area contributed by atoms with Gasteiger partial charge in [-0.3, -0.25) is 14.4 Å². The van der Waals surface area contributed by atoms with Crippen molar-refractivity contribution in [3.05, 3.63) is 83.6 Å². The highest BCUT2D eigenvalue weighted by atomic mass is 16.5. The molecule has 4 amide bonds. The van der Waals surface area contributed by atoms with Crippen molar-refractivity contribution in [2.24, 2.45) is 17.8 Å². The van der Waals surface area contributed by atoms with E-state index in [1.807, 2.05) is 87.2 Å². The topological polar surface area (TPSA) is 192 Å². The van der Waals surface area contributed by atoms with Gasteiger partial charge in [0.05, 0.1) is 49.2 Å². The number of nitrogens with one attached hydrogen (secondary N) is 4. The van der Waals surface area contributed by atoms with Gasteiger partial charge in [0.25, 0.3) is 0 Å². The number of aromatic nitrogens is 4. The number of ether oxygens (including phenoxy) is 2. The summed E-state index contributed by atoms with van der Waals surface area (Å²) < 4.78 is 9.61. The molecule has 0 radical (unpaired) electrons. The van der Waals surface area contributed by atoms with Crippen LogP contribution in [0.5, 0.6) is 0 Å². The van der Waals surface area contributed by atoms with E-state index in [1.165, 1.54) is 14.2 Å². The summed E-state index contributed by atoms with van der Waals surface area (Å²) in [5, 5.41) is 5.44. The Labute approximate surface area is 359 Å². The molecule has 4 N–H and O–H groups in total. The summed E-state index contributed by atoms with van der Waals surface area (Å²) in [7, 11) is 2.57. The lowest BCUT2D eigenvalue weighted by Crippen LogP contribution is -2.54. The van der Waals surface area contributed by atoms with Gasteiger partial charge >= 0.3 is 12.2 Å². The van der Waals surface area contributed by atoms with Crippen LogP contribution < -0.4 is 10.6 Å². The maximum absolute atomic E-state index is 14.1. The first-order valence-electron chi connectivity index (χ1n) is 21.5. The summed E-state index contributed by atoms with van der Waals surface area (Å²) in [6.07, 6.45) is 4.83. The lowest BCUT2D eigenvalue weighted by molar-refractivity contribution is -0.139. The highest BCUT2D eigenvalue weighted by Gasteiger charge is 2.51. The fraction of sp³-hybridized carbons (Fsp3) is 0.426. The molecule has 2 bridgehead atoms. The van der Waals surface area contributed by atoms with Crippen molar-refractivity contribution in [2.45, 2.75) is 90.0 Å². The predicted molar refractivity (Wildman–Crippen MR) is 231 cm³/mol. The maximum Gasteiger partial charge on any atom is 0.407 e. The van der Waals surface area contributed by atoms with Gasteiger partial charge in [0.1, 0.15) is 23.7 Å². The Hall–Kier alpha value is -6.51. The molecule has 3 fully saturated rings. The number of likely N-dealkylation sites (tertiary alicyclic amines) is 2. The van der Waals surface area contributed by atoms with E-state index in [-0.39, 0.29) is 53.5 Å². The first kappa shape index (κ1) is 40.9. The third-order valence-corrected chi connectivity index (χ3v) is 13.3. The van der Waals surface area contributed by atoms with Crippen LogP contribution in [0.1, 0.15) is 99.5 Å². The molecule has 2 aliphatic carbocycles. The fourth-order valence-corrected chi connectivity index (χ4v) is 10.1. The highest BCUT2D eigenvalue weighted by Crippen LogP contribution is 2.50. The molecule has 6 unspecified atom stereocenters. The Kier molecular flexibility index (Phi) is 10.6. The standard InChI is InChI=1S/C47H52N8O7/c1-23(2)38(52-46(59)61-5)44(57)54-17-7-8-37(54)42-48-22-36(51-42)27-11-15-31-30-14-10-25(19-32(30)41(56)33(31)20-27)26-12-16-34-35(21-26)50-43(49-34)40-28-9-13-29(18-28)55(40)45(58)39(24(3)4)53-47(60)62-6/h10-12,14-16,19-24,28-29,37-40H,7-9,13,17-18H2,1-6H3,(H,48,51)(H,49,50)(H,52,59)(H,53,60). The first-order chi connectivity index (χ1) is 29.8. The Morgan fingerprint density at radius 3 is 2.05 bits per heavy atom. The SMILES string of the molecule is COC(=O)NC(C(=O)N1CCCC1c1ncc(-c2ccc3c(c2)C(=O)c2cc(-c4ccc5nc(C6C7CCC(C7)N6C(=O)C(NC(=O)OC)C(C)C)[nH]c5c4)ccc2-3)[nH]1)C(C)C. The minimum atomic E-state index is -0.729. The second-order valence-corrected chi connectivity index (χ2v) is 17.7. The molecule has 62 heavy (non-hydrogen) atoms. The molecule has 5 aromatic rings. The maximum atomic E-state index is 14.1. The van der Waals surface area contributed by atoms with Crippen molar-refractivity contribution in [1.29, 1.82) is 0 Å². The number of carbonyl (C=O) groups excluding carboxylic acids is 5. The van der Waals surface area contributed by atoms with Gasteiger partial charge in [0.2, 0.25) is 11.8 Å². The number of rotatable bonds is 10. The Balaban J connectivity index is 0.935. The molecule has 3 aromatic carbocycles. The van der Waals surface area contributed by atoms with Crippen molar-refractivity contribution in [2.75, 3.05) is 20.8 Å². The van der Waals surface area contributed by atoms with Crippen LogP contribution in [0.3, 0.4) is 0 Å². The molecule has 15 heteroatoms. The van der Waals surface area contributed by atoms with E-state index in [1.54, 1.807) is 11.1 Å². The zero-order valence-corrected chi connectivity index (χ0v) is 35.8. The number of nitrogens with zero attached hydrogens (tertiary/aromatic N) is 4. The van der Waals surface area contributed by atoms with Crippen molar-refractivity contribution in [3.63, 3.8) is 0 Å². The third kappa shape index (κ3) is 7.06. The molecule has 6 atom stereocenters. The van der Waals surface area contributed by atoms with Gasteiger partial charge in [0.15, 0.2) is 5.78 Å². The van der Waals surface area contributed by atoms with Gasteiger partial charge in [-0.15, -0.1) is 0 Å². The van der Waals surface area contributed by atoms with Gasteiger partial charge in [0, 0.05) is 29.3 Å². The molecule has 2 saturated heterocycles. The van der Waals surface area contributed by atoms with Crippen LogP contribution in [0.4, 0.5) is 9.59 Å². The van der Waals surface area contributed by atoms with Crippen LogP contribution in [-0.4, -0.2) is 98.4 Å². The normalized spacial score (nSPS) is 21.1. The Morgan fingerprint density at radius 2 is 1.37 bits per heavy atom. The Bertz CT molecular complexity index is 2610. The van der Waals surface area contributed by atoms with E-state index in [2.05, 4.69) is 25.6 Å². The summed E-state index contributed by atoms with van der Waals surface area (Å²) >= 11 is 0. The summed E-state index contributed by atoms with van der Waals surface area (Å²) in [5.41, 5.74) is 7.96. The number of ketones is 1. The summed E-state index contributed by atoms with van der Waals surface area (Å²) in [4.78, 5) is 86.4. The van der Waals surface area contributed by atoms with Crippen molar-refractivity contribution < 1.29 is 33.4 Å². The lowest BCUT2D eigenvalue weighted by atomic mass is 9.95. The zero-order valence-electron chi connectivity index (χ0n) is 35.8. The monoisotopic (exact) mass is 840 g/mol. The minimum Gasteiger partial charge on any atom is -0.453 e. The molecule has 2 aliphatic heterocycles. The average Bonchev–Trinajstić information content (AvgIpc) is 4.14. The molecule has 4 heterocycles. The first-order valence-corrected chi connectivity index (χ1v) is 21.5. The lowest BCUT2D eigenvalue weighted by Gasteiger charge is -2.37. The minimum absolute atomic E-state index is 0.0591. The number of H-pyrrole nitrogens is 2. The van der Waals surface area contributed by atoms with Crippen LogP contribution in [0.25, 0.3) is 44.5 Å². The number of methoxy groups -OCH3 is 2. The molecule has 15 nitrogen and oxygen atoms in total. The van der Waals surface area contributed by atoms with Gasteiger partial charge in [-0.1, -0.05) is 58.0 Å². The number of carbonyl (C=O) groups is 5. The number of fused-ring (bicyclic) bond motifs is 6. The van der Waals surface area contributed by atoms with Gasteiger partial charge in [-0.05, 0) is 96.4 Å². The number of piperidine rings is 1. The number of hydrogen-bond acceptors (Lipinski definition) is 9. The van der Waals surface area contributed by atoms with E-state index < -0.39 is 24.3 Å². The van der Waals surface area contributed by atoms with Crippen molar-refractivity contribution in [1.82, 2.24) is 40.4 Å². The second-order valence-electron chi connectivity index (χ2n) is 17.7. The molecular formula is C47H52N8O7. The van der Waals surface area contributed by atoms with Crippen LogP contribution >= 0.6 is 0 Å². The van der Waals surface area contributed by atoms with Crippen LogP contribution in [-0.2, 0) is 19.1 Å². The summed E-state index contributed by atoms with van der Waals surface area (Å²) in [6.45, 7) is 8.15. The number of hydrogen-bond donors (Lipinski definition) is 4. The quantitative estimate of drug-likeness (QED) is 0.110.